The molecule has 0 saturated heterocycles. The Balaban J connectivity index is 2.23. The first-order valence-electron chi connectivity index (χ1n) is 4.68. The Morgan fingerprint density at radius 3 is 2.71 bits per heavy atom. The number of hydrogen-bond acceptors (Lipinski definition) is 3. The predicted molar refractivity (Wildman–Crippen MR) is 69.1 cm³/mol. The highest BCUT2D eigenvalue weighted by molar-refractivity contribution is 9.10. The number of carbonyl (C=O) groups excluding carboxylic acids is 1. The van der Waals surface area contributed by atoms with Crippen LogP contribution in [0.5, 0.6) is 0 Å². The van der Waals surface area contributed by atoms with Crippen molar-refractivity contribution in [3.63, 3.8) is 0 Å². The van der Waals surface area contributed by atoms with E-state index in [1.165, 1.54) is 18.7 Å². The second-order valence-corrected chi connectivity index (χ2v) is 4.50. The summed E-state index contributed by atoms with van der Waals surface area (Å²) in [5.74, 6) is -0.269. The monoisotopic (exact) mass is 311 g/mol. The van der Waals surface area contributed by atoms with Crippen LogP contribution in [0.1, 0.15) is 10.4 Å². The molecular weight excluding hydrogens is 305 g/mol. The molecule has 0 fully saturated rings. The van der Waals surface area contributed by atoms with E-state index in [0.717, 1.165) is 0 Å². The van der Waals surface area contributed by atoms with Gasteiger partial charge in [-0.3, -0.25) is 4.79 Å². The minimum Gasteiger partial charge on any atom is -0.319 e. The van der Waals surface area contributed by atoms with Gasteiger partial charge in [0.1, 0.15) is 6.33 Å². The summed E-state index contributed by atoms with van der Waals surface area (Å²) >= 11 is 9.13. The van der Waals surface area contributed by atoms with Gasteiger partial charge >= 0.3 is 0 Å². The van der Waals surface area contributed by atoms with Crippen molar-refractivity contribution < 1.29 is 4.79 Å². The van der Waals surface area contributed by atoms with Gasteiger partial charge in [-0.2, -0.15) is 0 Å². The van der Waals surface area contributed by atoms with Crippen molar-refractivity contribution in [2.24, 2.45) is 0 Å². The highest BCUT2D eigenvalue weighted by Crippen LogP contribution is 2.22. The fourth-order valence-corrected chi connectivity index (χ4v) is 1.83. The molecule has 0 aliphatic carbocycles. The molecule has 4 nitrogen and oxygen atoms in total. The van der Waals surface area contributed by atoms with Gasteiger partial charge in [-0.15, -0.1) is 0 Å². The van der Waals surface area contributed by atoms with Crippen molar-refractivity contribution in [3.8, 4) is 0 Å². The quantitative estimate of drug-likeness (QED) is 0.927. The van der Waals surface area contributed by atoms with E-state index in [1.807, 2.05) is 0 Å². The van der Waals surface area contributed by atoms with Gasteiger partial charge in [0.15, 0.2) is 0 Å². The Labute approximate surface area is 111 Å². The van der Waals surface area contributed by atoms with Gasteiger partial charge in [0, 0.05) is 9.50 Å². The maximum Gasteiger partial charge on any atom is 0.256 e. The number of anilines is 1. The zero-order chi connectivity index (χ0) is 12.3. The van der Waals surface area contributed by atoms with Crippen LogP contribution in [0.2, 0.25) is 5.02 Å². The molecule has 1 amide bonds. The lowest BCUT2D eigenvalue weighted by atomic mass is 10.2. The van der Waals surface area contributed by atoms with Crippen molar-refractivity contribution in [2.75, 3.05) is 5.32 Å². The van der Waals surface area contributed by atoms with E-state index in [4.69, 9.17) is 11.6 Å². The van der Waals surface area contributed by atoms with Gasteiger partial charge in [0.25, 0.3) is 5.91 Å². The Bertz CT molecular complexity index is 548. The maximum absolute atomic E-state index is 11.9. The number of amides is 1. The van der Waals surface area contributed by atoms with Gasteiger partial charge in [-0.1, -0.05) is 11.6 Å². The lowest BCUT2D eigenvalue weighted by Gasteiger charge is -2.06. The van der Waals surface area contributed by atoms with Crippen molar-refractivity contribution in [1.82, 2.24) is 9.97 Å². The molecule has 0 aliphatic rings. The van der Waals surface area contributed by atoms with E-state index in [1.54, 1.807) is 18.2 Å². The third-order valence-corrected chi connectivity index (χ3v) is 2.92. The molecule has 1 heterocycles. The van der Waals surface area contributed by atoms with Gasteiger partial charge in [-0.25, -0.2) is 9.97 Å². The van der Waals surface area contributed by atoms with E-state index in [0.29, 0.717) is 20.7 Å². The lowest BCUT2D eigenvalue weighted by molar-refractivity contribution is 0.102. The van der Waals surface area contributed by atoms with E-state index in [2.05, 4.69) is 31.2 Å². The normalized spacial score (nSPS) is 10.0. The first-order valence-corrected chi connectivity index (χ1v) is 5.85. The standard InChI is InChI=1S/C11H7BrClN3O/c12-10-2-1-7(13)3-9(10)11(17)16-8-4-14-6-15-5-8/h1-6H,(H,16,17). The topological polar surface area (TPSA) is 54.9 Å². The Morgan fingerprint density at radius 2 is 2.00 bits per heavy atom. The van der Waals surface area contributed by atoms with E-state index in [9.17, 15) is 4.79 Å². The molecular formula is C11H7BrClN3O. The SMILES string of the molecule is O=C(Nc1cncnc1)c1cc(Cl)ccc1Br. The number of benzene rings is 1. The van der Waals surface area contributed by atoms with Crippen LogP contribution in [-0.4, -0.2) is 15.9 Å². The van der Waals surface area contributed by atoms with Crippen LogP contribution in [-0.2, 0) is 0 Å². The summed E-state index contributed by atoms with van der Waals surface area (Å²) in [4.78, 5) is 19.5. The van der Waals surface area contributed by atoms with E-state index < -0.39 is 0 Å². The second kappa shape index (κ2) is 5.25. The smallest absolute Gasteiger partial charge is 0.256 e. The summed E-state index contributed by atoms with van der Waals surface area (Å²) in [6.07, 6.45) is 4.43. The Morgan fingerprint density at radius 1 is 1.29 bits per heavy atom. The van der Waals surface area contributed by atoms with Crippen molar-refractivity contribution >= 4 is 39.1 Å². The summed E-state index contributed by atoms with van der Waals surface area (Å²) < 4.78 is 0.677. The zero-order valence-electron chi connectivity index (χ0n) is 8.52. The molecule has 0 atom stereocenters. The molecule has 0 spiro atoms. The number of halogens is 2. The summed E-state index contributed by atoms with van der Waals surface area (Å²) in [6, 6.07) is 5.01. The fourth-order valence-electron chi connectivity index (χ4n) is 1.23. The van der Waals surface area contributed by atoms with Gasteiger partial charge < -0.3 is 5.32 Å². The number of aromatic nitrogens is 2. The molecule has 86 valence electrons. The summed E-state index contributed by atoms with van der Waals surface area (Å²) in [6.45, 7) is 0. The number of carbonyl (C=O) groups is 1. The minimum absolute atomic E-state index is 0.269. The first kappa shape index (κ1) is 12.0. The third-order valence-electron chi connectivity index (χ3n) is 1.99. The molecule has 1 aromatic heterocycles. The van der Waals surface area contributed by atoms with Crippen LogP contribution >= 0.6 is 27.5 Å². The highest BCUT2D eigenvalue weighted by atomic mass is 79.9. The molecule has 0 aliphatic heterocycles. The average Bonchev–Trinajstić information content (AvgIpc) is 2.33. The van der Waals surface area contributed by atoms with Crippen LogP contribution in [0.15, 0.2) is 41.4 Å². The van der Waals surface area contributed by atoms with E-state index >= 15 is 0 Å². The second-order valence-electron chi connectivity index (χ2n) is 3.21. The Kier molecular flexibility index (Phi) is 3.71. The number of rotatable bonds is 2. The van der Waals surface area contributed by atoms with Crippen molar-refractivity contribution in [2.45, 2.75) is 0 Å². The average molecular weight is 313 g/mol. The van der Waals surface area contributed by atoms with Gasteiger partial charge in [0.2, 0.25) is 0 Å². The molecule has 1 N–H and O–H groups in total. The van der Waals surface area contributed by atoms with Gasteiger partial charge in [0.05, 0.1) is 23.6 Å². The molecule has 6 heteroatoms. The molecule has 0 unspecified atom stereocenters. The molecule has 1 aromatic carbocycles. The van der Waals surface area contributed by atoms with Gasteiger partial charge in [-0.05, 0) is 34.1 Å². The third kappa shape index (κ3) is 3.01. The first-order chi connectivity index (χ1) is 8.16. The number of nitrogens with one attached hydrogen (secondary N) is 1. The summed E-state index contributed by atoms with van der Waals surface area (Å²) in [5, 5.41) is 3.18. The summed E-state index contributed by atoms with van der Waals surface area (Å²) in [5.41, 5.74) is 0.991. The lowest BCUT2D eigenvalue weighted by Crippen LogP contribution is -2.12. The van der Waals surface area contributed by atoms with Crippen LogP contribution in [0.25, 0.3) is 0 Å². The molecule has 0 radical (unpaired) electrons. The van der Waals surface area contributed by atoms with Crippen LogP contribution in [0.3, 0.4) is 0 Å². The highest BCUT2D eigenvalue weighted by Gasteiger charge is 2.10. The van der Waals surface area contributed by atoms with Crippen LogP contribution in [0.4, 0.5) is 5.69 Å². The fraction of sp³-hybridized carbons (Fsp3) is 0. The maximum atomic E-state index is 11.9. The van der Waals surface area contributed by atoms with Crippen molar-refractivity contribution in [1.29, 1.82) is 0 Å². The van der Waals surface area contributed by atoms with E-state index in [-0.39, 0.29) is 5.91 Å². The number of hydrogen-bond donors (Lipinski definition) is 1. The molecule has 2 aromatic rings. The largest absolute Gasteiger partial charge is 0.319 e. The molecule has 0 saturated carbocycles. The van der Waals surface area contributed by atoms with Crippen LogP contribution < -0.4 is 5.32 Å². The van der Waals surface area contributed by atoms with Crippen LogP contribution in [0, 0.1) is 0 Å². The molecule has 17 heavy (non-hydrogen) atoms. The predicted octanol–water partition coefficient (Wildman–Crippen LogP) is 3.14. The zero-order valence-corrected chi connectivity index (χ0v) is 10.9. The minimum atomic E-state index is -0.269. The summed E-state index contributed by atoms with van der Waals surface area (Å²) in [7, 11) is 0. The van der Waals surface area contributed by atoms with Crippen molar-refractivity contribution in [3.05, 3.63) is 52.0 Å². The molecule has 2 rings (SSSR count). The molecule has 0 bridgehead atoms. The number of nitrogens with zero attached hydrogens (tertiary/aromatic N) is 2. The Hall–Kier alpha value is -1.46.